The number of likely N-dealkylation sites (tertiary alicyclic amines) is 1. The van der Waals surface area contributed by atoms with Gasteiger partial charge in [0.25, 0.3) is 5.91 Å². The van der Waals surface area contributed by atoms with Gasteiger partial charge < -0.3 is 20.7 Å². The van der Waals surface area contributed by atoms with Crippen molar-refractivity contribution in [3.05, 3.63) is 65.5 Å². The van der Waals surface area contributed by atoms with E-state index in [-0.39, 0.29) is 29.9 Å². The summed E-state index contributed by atoms with van der Waals surface area (Å²) >= 11 is 0. The van der Waals surface area contributed by atoms with Crippen LogP contribution in [-0.4, -0.2) is 66.0 Å². The number of carbonyl (C=O) groups excluding carboxylic acids is 2. The van der Waals surface area contributed by atoms with Crippen LogP contribution in [0.15, 0.2) is 48.5 Å². The van der Waals surface area contributed by atoms with Gasteiger partial charge in [-0.3, -0.25) is 14.5 Å². The summed E-state index contributed by atoms with van der Waals surface area (Å²) in [6.45, 7) is 6.51. The lowest BCUT2D eigenvalue weighted by Gasteiger charge is -2.44. The maximum Gasteiger partial charge on any atom is 0.254 e. The van der Waals surface area contributed by atoms with Crippen LogP contribution in [0.4, 0.5) is 4.39 Å². The Hall–Kier alpha value is -2.97. The van der Waals surface area contributed by atoms with E-state index in [2.05, 4.69) is 36.2 Å². The quantitative estimate of drug-likeness (QED) is 0.496. The fourth-order valence-corrected chi connectivity index (χ4v) is 5.87. The molecule has 2 atom stereocenters. The second-order valence-electron chi connectivity index (χ2n) is 11.5. The summed E-state index contributed by atoms with van der Waals surface area (Å²) in [5.74, 6) is 0.537. The Morgan fingerprint density at radius 3 is 2.33 bits per heavy atom. The SMILES string of the molecule is COc1ccc(CN(CC(C)C)C2CCN(C(=O)c3ccc(F)cc3)[C@@H](C(=O)NC3CCC(N)CC3)C2)cc1. The molecule has 7 nitrogen and oxygen atoms in total. The van der Waals surface area contributed by atoms with Crippen LogP contribution in [0.3, 0.4) is 0 Å². The van der Waals surface area contributed by atoms with Crippen LogP contribution in [-0.2, 0) is 11.3 Å². The van der Waals surface area contributed by atoms with E-state index in [9.17, 15) is 14.0 Å². The molecule has 0 aromatic heterocycles. The number of hydrogen-bond donors (Lipinski definition) is 2. The van der Waals surface area contributed by atoms with Gasteiger partial charge in [0, 0.05) is 43.3 Å². The number of carbonyl (C=O) groups is 2. The minimum Gasteiger partial charge on any atom is -0.497 e. The second kappa shape index (κ2) is 13.4. The molecule has 3 N–H and O–H groups in total. The van der Waals surface area contributed by atoms with Gasteiger partial charge in [-0.05, 0) is 86.4 Å². The predicted octanol–water partition coefficient (Wildman–Crippen LogP) is 4.35. The Morgan fingerprint density at radius 1 is 1.05 bits per heavy atom. The summed E-state index contributed by atoms with van der Waals surface area (Å²) in [6, 6.07) is 13.5. The molecule has 8 heteroatoms. The summed E-state index contributed by atoms with van der Waals surface area (Å²) in [6.07, 6.45) is 4.80. The van der Waals surface area contributed by atoms with E-state index in [1.54, 1.807) is 12.0 Å². The Morgan fingerprint density at radius 2 is 1.72 bits per heavy atom. The minimum atomic E-state index is -0.595. The van der Waals surface area contributed by atoms with E-state index in [0.717, 1.165) is 50.9 Å². The summed E-state index contributed by atoms with van der Waals surface area (Å²) in [4.78, 5) is 31.4. The third-order valence-corrected chi connectivity index (χ3v) is 8.01. The first-order valence-electron chi connectivity index (χ1n) is 14.2. The fraction of sp³-hybridized carbons (Fsp3) is 0.548. The van der Waals surface area contributed by atoms with Gasteiger partial charge in [0.15, 0.2) is 0 Å². The average Bonchev–Trinajstić information content (AvgIpc) is 2.94. The van der Waals surface area contributed by atoms with Gasteiger partial charge in [0.05, 0.1) is 7.11 Å². The van der Waals surface area contributed by atoms with Crippen LogP contribution in [0.5, 0.6) is 5.75 Å². The number of halogens is 1. The molecule has 1 unspecified atom stereocenters. The van der Waals surface area contributed by atoms with Crippen LogP contribution in [0, 0.1) is 11.7 Å². The molecule has 2 aliphatic rings. The van der Waals surface area contributed by atoms with E-state index in [0.29, 0.717) is 24.4 Å². The Bertz CT molecular complexity index is 1080. The van der Waals surface area contributed by atoms with Crippen molar-refractivity contribution in [2.24, 2.45) is 11.7 Å². The Kier molecular flexibility index (Phi) is 9.97. The molecule has 1 aliphatic heterocycles. The minimum absolute atomic E-state index is 0.0755. The van der Waals surface area contributed by atoms with E-state index in [1.807, 2.05) is 12.1 Å². The molecule has 2 aromatic rings. The van der Waals surface area contributed by atoms with Crippen molar-refractivity contribution in [2.45, 2.75) is 83.1 Å². The molecule has 4 rings (SSSR count). The highest BCUT2D eigenvalue weighted by Gasteiger charge is 2.39. The highest BCUT2D eigenvalue weighted by Crippen LogP contribution is 2.28. The van der Waals surface area contributed by atoms with Gasteiger partial charge in [0.2, 0.25) is 5.91 Å². The number of nitrogens with zero attached hydrogens (tertiary/aromatic N) is 2. The summed E-state index contributed by atoms with van der Waals surface area (Å²) < 4.78 is 18.9. The topological polar surface area (TPSA) is 87.9 Å². The van der Waals surface area contributed by atoms with Crippen LogP contribution in [0.25, 0.3) is 0 Å². The monoisotopic (exact) mass is 538 g/mol. The van der Waals surface area contributed by atoms with Crippen LogP contribution in [0.1, 0.15) is 68.3 Å². The molecule has 2 amide bonds. The first-order chi connectivity index (χ1) is 18.7. The number of benzene rings is 2. The van der Waals surface area contributed by atoms with Gasteiger partial charge in [0.1, 0.15) is 17.6 Å². The highest BCUT2D eigenvalue weighted by molar-refractivity contribution is 5.97. The lowest BCUT2D eigenvalue weighted by molar-refractivity contribution is -0.128. The maximum atomic E-state index is 13.7. The summed E-state index contributed by atoms with van der Waals surface area (Å²) in [7, 11) is 1.66. The zero-order chi connectivity index (χ0) is 27.9. The fourth-order valence-electron chi connectivity index (χ4n) is 5.87. The number of hydrogen-bond acceptors (Lipinski definition) is 5. The number of amides is 2. The molecule has 1 aliphatic carbocycles. The van der Waals surface area contributed by atoms with Gasteiger partial charge in [-0.1, -0.05) is 26.0 Å². The third-order valence-electron chi connectivity index (χ3n) is 8.01. The lowest BCUT2D eigenvalue weighted by atomic mass is 9.90. The number of nitrogens with two attached hydrogens (primary N) is 1. The molecule has 0 bridgehead atoms. The second-order valence-corrected chi connectivity index (χ2v) is 11.5. The molecule has 1 saturated carbocycles. The third kappa shape index (κ3) is 7.79. The first-order valence-corrected chi connectivity index (χ1v) is 14.2. The Labute approximate surface area is 231 Å². The molecule has 1 heterocycles. The largest absolute Gasteiger partial charge is 0.497 e. The number of nitrogens with one attached hydrogen (secondary N) is 1. The number of methoxy groups -OCH3 is 1. The van der Waals surface area contributed by atoms with Crippen molar-refractivity contribution in [2.75, 3.05) is 20.2 Å². The number of rotatable bonds is 9. The van der Waals surface area contributed by atoms with Crippen molar-refractivity contribution in [3.8, 4) is 5.75 Å². The van der Waals surface area contributed by atoms with Crippen LogP contribution in [0.2, 0.25) is 0 Å². The molecular formula is C31H43FN4O3. The summed E-state index contributed by atoms with van der Waals surface area (Å²) in [5, 5.41) is 3.24. The normalized spacial score (nSPS) is 23.6. The Balaban J connectivity index is 1.54. The van der Waals surface area contributed by atoms with E-state index < -0.39 is 11.9 Å². The molecule has 2 aromatic carbocycles. The smallest absolute Gasteiger partial charge is 0.254 e. The molecule has 1 saturated heterocycles. The molecule has 0 radical (unpaired) electrons. The molecule has 2 fully saturated rings. The standard InChI is InChI=1S/C31H43FN4O3/c1-21(2)19-35(20-22-4-14-28(39-3)15-5-22)27-16-17-36(31(38)23-6-8-24(32)9-7-23)29(18-27)30(37)34-26-12-10-25(33)11-13-26/h4-9,14-15,21,25-27,29H,10-13,16-20,33H2,1-3H3,(H,34,37)/t25?,26?,27?,29-/m1/s1. The van der Waals surface area contributed by atoms with Gasteiger partial charge >= 0.3 is 0 Å². The van der Waals surface area contributed by atoms with Gasteiger partial charge in [-0.25, -0.2) is 4.39 Å². The predicted molar refractivity (Wildman–Crippen MR) is 151 cm³/mol. The van der Waals surface area contributed by atoms with E-state index in [1.165, 1.54) is 29.8 Å². The summed E-state index contributed by atoms with van der Waals surface area (Å²) in [5.41, 5.74) is 7.65. The molecular weight excluding hydrogens is 495 g/mol. The number of piperidine rings is 1. The average molecular weight is 539 g/mol. The highest BCUT2D eigenvalue weighted by atomic mass is 19.1. The van der Waals surface area contributed by atoms with Crippen molar-refractivity contribution in [1.29, 1.82) is 0 Å². The first kappa shape index (κ1) is 29.0. The lowest BCUT2D eigenvalue weighted by Crippen LogP contribution is -2.58. The maximum absolute atomic E-state index is 13.7. The molecule has 39 heavy (non-hydrogen) atoms. The van der Waals surface area contributed by atoms with Crippen molar-refractivity contribution >= 4 is 11.8 Å². The zero-order valence-corrected chi connectivity index (χ0v) is 23.4. The van der Waals surface area contributed by atoms with Gasteiger partial charge in [-0.15, -0.1) is 0 Å². The number of ether oxygens (including phenoxy) is 1. The van der Waals surface area contributed by atoms with Crippen LogP contribution >= 0.6 is 0 Å². The molecule has 0 spiro atoms. The van der Waals surface area contributed by atoms with Crippen LogP contribution < -0.4 is 15.8 Å². The van der Waals surface area contributed by atoms with Gasteiger partial charge in [-0.2, -0.15) is 0 Å². The van der Waals surface area contributed by atoms with Crippen molar-refractivity contribution in [1.82, 2.24) is 15.1 Å². The zero-order valence-electron chi connectivity index (χ0n) is 23.4. The van der Waals surface area contributed by atoms with Crippen molar-refractivity contribution in [3.63, 3.8) is 0 Å². The molecule has 212 valence electrons. The van der Waals surface area contributed by atoms with Crippen molar-refractivity contribution < 1.29 is 18.7 Å². The van der Waals surface area contributed by atoms with E-state index >= 15 is 0 Å². The van der Waals surface area contributed by atoms with E-state index in [4.69, 9.17) is 10.5 Å².